The van der Waals surface area contributed by atoms with Crippen molar-refractivity contribution in [3.8, 4) is 0 Å². The molecule has 0 saturated heterocycles. The fourth-order valence-corrected chi connectivity index (χ4v) is 0.556. The molecular formula is C7H7F. The highest BCUT2D eigenvalue weighted by Gasteiger charge is 2.04. The van der Waals surface area contributed by atoms with Crippen LogP contribution in [0.1, 0.15) is 0 Å². The first kappa shape index (κ1) is 5.29. The molecule has 0 saturated carbocycles. The average Bonchev–Trinajstić information content (AvgIpc) is 1.77. The number of hydrogen-bond acceptors (Lipinski definition) is 0. The molecule has 0 N–H and O–H groups in total. The summed E-state index contributed by atoms with van der Waals surface area (Å²) in [6.45, 7) is 3.48. The molecule has 1 heteroatoms. The molecule has 0 fully saturated rings. The van der Waals surface area contributed by atoms with Crippen molar-refractivity contribution in [3.63, 3.8) is 0 Å². The number of hydrogen-bond donors (Lipinski definition) is 0. The second-order valence-corrected chi connectivity index (χ2v) is 1.72. The molecule has 0 radical (unpaired) electrons. The van der Waals surface area contributed by atoms with Gasteiger partial charge in [-0.3, -0.25) is 0 Å². The average molecular weight is 110 g/mol. The number of rotatable bonds is 0. The predicted octanol–water partition coefficient (Wildman–Crippen LogP) is 2.01. The van der Waals surface area contributed by atoms with Crippen LogP contribution in [0.4, 0.5) is 4.39 Å². The van der Waals surface area contributed by atoms with E-state index in [1.807, 2.05) is 0 Å². The second kappa shape index (κ2) is 1.95. The molecule has 0 spiro atoms. The summed E-state index contributed by atoms with van der Waals surface area (Å²) in [5.74, 6) is 0. The van der Waals surface area contributed by atoms with Crippen molar-refractivity contribution >= 4 is 0 Å². The Morgan fingerprint density at radius 1 is 1.50 bits per heavy atom. The molecule has 0 nitrogen and oxygen atoms in total. The van der Waals surface area contributed by atoms with Gasteiger partial charge in [0, 0.05) is 0 Å². The third-order valence-electron chi connectivity index (χ3n) is 1.06. The van der Waals surface area contributed by atoms with Crippen LogP contribution in [0.25, 0.3) is 0 Å². The van der Waals surface area contributed by atoms with E-state index >= 15 is 0 Å². The molecule has 0 heterocycles. The maximum atomic E-state index is 12.3. The molecule has 1 aliphatic carbocycles. The highest BCUT2D eigenvalue weighted by molar-refractivity contribution is 5.31. The van der Waals surface area contributed by atoms with E-state index in [1.165, 1.54) is 6.08 Å². The molecule has 0 aromatic rings. The first-order chi connectivity index (χ1) is 3.80. The zero-order valence-corrected chi connectivity index (χ0v) is 4.47. The van der Waals surface area contributed by atoms with Crippen molar-refractivity contribution in [1.29, 1.82) is 0 Å². The number of allylic oxidation sites excluding steroid dienone is 5. The first-order valence-corrected chi connectivity index (χ1v) is 2.48. The zero-order chi connectivity index (χ0) is 5.98. The van der Waals surface area contributed by atoms with Crippen LogP contribution in [0.15, 0.2) is 36.5 Å². The van der Waals surface area contributed by atoms with Gasteiger partial charge in [-0.15, -0.1) is 0 Å². The van der Waals surface area contributed by atoms with Gasteiger partial charge in [0.25, 0.3) is 0 Å². The third kappa shape index (κ3) is 0.861. The van der Waals surface area contributed by atoms with E-state index in [-0.39, 0.29) is 0 Å². The smallest absolute Gasteiger partial charge is 0.143 e. The molecule has 1 unspecified atom stereocenters. The van der Waals surface area contributed by atoms with Crippen LogP contribution < -0.4 is 0 Å². The maximum absolute atomic E-state index is 12.3. The lowest BCUT2D eigenvalue weighted by atomic mass is 10.1. The summed E-state index contributed by atoms with van der Waals surface area (Å²) in [5, 5.41) is 0. The standard InChI is InChI=1S/C7H7F/c1-6-4-2-3-5-7(6)8/h2-5,7H,1H2. The summed E-state index contributed by atoms with van der Waals surface area (Å²) in [7, 11) is 0. The quantitative estimate of drug-likeness (QED) is 0.447. The highest BCUT2D eigenvalue weighted by atomic mass is 19.1. The van der Waals surface area contributed by atoms with Gasteiger partial charge in [0.15, 0.2) is 0 Å². The van der Waals surface area contributed by atoms with Crippen LogP contribution >= 0.6 is 0 Å². The van der Waals surface area contributed by atoms with Crippen molar-refractivity contribution in [2.75, 3.05) is 0 Å². The van der Waals surface area contributed by atoms with Gasteiger partial charge < -0.3 is 0 Å². The van der Waals surface area contributed by atoms with Gasteiger partial charge in [0.05, 0.1) is 0 Å². The van der Waals surface area contributed by atoms with E-state index < -0.39 is 6.17 Å². The summed E-state index contributed by atoms with van der Waals surface area (Å²) in [4.78, 5) is 0. The molecule has 0 aromatic carbocycles. The minimum absolute atomic E-state index is 0.535. The van der Waals surface area contributed by atoms with Crippen LogP contribution in [-0.4, -0.2) is 6.17 Å². The second-order valence-electron chi connectivity index (χ2n) is 1.72. The lowest BCUT2D eigenvalue weighted by molar-refractivity contribution is 0.455. The Kier molecular flexibility index (Phi) is 1.29. The third-order valence-corrected chi connectivity index (χ3v) is 1.06. The van der Waals surface area contributed by atoms with Gasteiger partial charge in [-0.05, 0) is 11.6 Å². The van der Waals surface area contributed by atoms with Gasteiger partial charge in [-0.1, -0.05) is 24.8 Å². The topological polar surface area (TPSA) is 0 Å². The Labute approximate surface area is 48.0 Å². The molecule has 1 aliphatic rings. The monoisotopic (exact) mass is 110 g/mol. The van der Waals surface area contributed by atoms with E-state index in [1.54, 1.807) is 18.2 Å². The molecule has 1 atom stereocenters. The van der Waals surface area contributed by atoms with E-state index in [2.05, 4.69) is 6.58 Å². The van der Waals surface area contributed by atoms with Crippen LogP contribution in [0.5, 0.6) is 0 Å². The van der Waals surface area contributed by atoms with Crippen molar-refractivity contribution in [1.82, 2.24) is 0 Å². The minimum Gasteiger partial charge on any atom is -0.238 e. The van der Waals surface area contributed by atoms with Gasteiger partial charge in [-0.25, -0.2) is 4.39 Å². The van der Waals surface area contributed by atoms with Crippen LogP contribution in [-0.2, 0) is 0 Å². The van der Waals surface area contributed by atoms with E-state index in [4.69, 9.17) is 0 Å². The lowest BCUT2D eigenvalue weighted by Gasteiger charge is -2.03. The maximum Gasteiger partial charge on any atom is 0.143 e. The molecule has 8 heavy (non-hydrogen) atoms. The zero-order valence-electron chi connectivity index (χ0n) is 4.47. The minimum atomic E-state index is -0.958. The molecule has 0 aliphatic heterocycles. The molecular weight excluding hydrogens is 103 g/mol. The van der Waals surface area contributed by atoms with Gasteiger partial charge in [0.1, 0.15) is 6.17 Å². The fourth-order valence-electron chi connectivity index (χ4n) is 0.556. The van der Waals surface area contributed by atoms with E-state index in [0.717, 1.165) is 0 Å². The van der Waals surface area contributed by atoms with Crippen molar-refractivity contribution in [2.45, 2.75) is 6.17 Å². The SMILES string of the molecule is C=C1C=CC=CC1F. The van der Waals surface area contributed by atoms with E-state index in [9.17, 15) is 4.39 Å². The lowest BCUT2D eigenvalue weighted by Crippen LogP contribution is -1.98. The first-order valence-electron chi connectivity index (χ1n) is 2.48. The molecule has 0 amide bonds. The Bertz CT molecular complexity index is 154. The summed E-state index contributed by atoms with van der Waals surface area (Å²) in [6.07, 6.45) is 5.64. The number of alkyl halides is 1. The van der Waals surface area contributed by atoms with E-state index in [0.29, 0.717) is 5.57 Å². The normalized spacial score (nSPS) is 26.6. The summed E-state index contributed by atoms with van der Waals surface area (Å²) >= 11 is 0. The Hall–Kier alpha value is -0.850. The molecule has 1 rings (SSSR count). The fraction of sp³-hybridized carbons (Fsp3) is 0.143. The Morgan fingerprint density at radius 2 is 2.25 bits per heavy atom. The Morgan fingerprint density at radius 3 is 2.62 bits per heavy atom. The van der Waals surface area contributed by atoms with Crippen LogP contribution in [0, 0.1) is 0 Å². The summed E-state index contributed by atoms with van der Waals surface area (Å²) in [5.41, 5.74) is 0.535. The highest BCUT2D eigenvalue weighted by Crippen LogP contribution is 2.11. The van der Waals surface area contributed by atoms with Crippen LogP contribution in [0.3, 0.4) is 0 Å². The molecule has 42 valence electrons. The number of halogens is 1. The Balaban J connectivity index is 2.74. The van der Waals surface area contributed by atoms with Gasteiger partial charge in [0.2, 0.25) is 0 Å². The molecule has 0 bridgehead atoms. The van der Waals surface area contributed by atoms with Crippen molar-refractivity contribution in [3.05, 3.63) is 36.5 Å². The predicted molar refractivity (Wildman–Crippen MR) is 32.3 cm³/mol. The van der Waals surface area contributed by atoms with Gasteiger partial charge in [-0.2, -0.15) is 0 Å². The molecule has 0 aromatic heterocycles. The van der Waals surface area contributed by atoms with Gasteiger partial charge >= 0.3 is 0 Å². The van der Waals surface area contributed by atoms with Crippen molar-refractivity contribution < 1.29 is 4.39 Å². The summed E-state index contributed by atoms with van der Waals surface area (Å²) in [6, 6.07) is 0. The summed E-state index contributed by atoms with van der Waals surface area (Å²) < 4.78 is 12.3. The van der Waals surface area contributed by atoms with Crippen LogP contribution in [0.2, 0.25) is 0 Å². The largest absolute Gasteiger partial charge is 0.238 e. The van der Waals surface area contributed by atoms with Crippen molar-refractivity contribution in [2.24, 2.45) is 0 Å².